The van der Waals surface area contributed by atoms with Crippen molar-refractivity contribution in [3.05, 3.63) is 0 Å². The van der Waals surface area contributed by atoms with Crippen LogP contribution in [0.1, 0.15) is 0 Å². The summed E-state index contributed by atoms with van der Waals surface area (Å²) in [6.45, 7) is 3.03. The zero-order valence-corrected chi connectivity index (χ0v) is 9.57. The van der Waals surface area contributed by atoms with Crippen LogP contribution in [0.25, 0.3) is 0 Å². The van der Waals surface area contributed by atoms with Gasteiger partial charge in [-0.2, -0.15) is 5.48 Å². The van der Waals surface area contributed by atoms with Crippen LogP contribution in [-0.4, -0.2) is 59.2 Å². The average Bonchev–Trinajstić information content (AvgIpc) is 2.25. The Morgan fingerprint density at radius 2 is 1.75 bits per heavy atom. The number of carbonyl (C=O) groups is 1. The van der Waals surface area contributed by atoms with Crippen LogP contribution in [0.15, 0.2) is 0 Å². The summed E-state index contributed by atoms with van der Waals surface area (Å²) in [4.78, 5) is 15.0. The van der Waals surface area contributed by atoms with Crippen molar-refractivity contribution in [3.8, 4) is 0 Å². The number of nitrogens with one attached hydrogen (secondary N) is 1. The van der Waals surface area contributed by atoms with Crippen molar-refractivity contribution in [1.29, 1.82) is 0 Å². The van der Waals surface area contributed by atoms with Crippen molar-refractivity contribution < 1.29 is 23.8 Å². The van der Waals surface area contributed by atoms with Crippen LogP contribution in [0.3, 0.4) is 0 Å². The van der Waals surface area contributed by atoms with Crippen LogP contribution in [0.4, 0.5) is 0 Å². The molecule has 1 amide bonds. The number of amides is 1. The summed E-state index contributed by atoms with van der Waals surface area (Å²) < 4.78 is 15.2. The average molecular weight is 236 g/mol. The Morgan fingerprint density at radius 3 is 2.38 bits per heavy atom. The summed E-state index contributed by atoms with van der Waals surface area (Å²) in [5.74, 6) is -0.514. The Labute approximate surface area is 95.1 Å². The molecule has 0 radical (unpaired) electrons. The zero-order chi connectivity index (χ0) is 12.1. The maximum atomic E-state index is 10.3. The van der Waals surface area contributed by atoms with Crippen LogP contribution in [-0.2, 0) is 23.8 Å². The quantitative estimate of drug-likeness (QED) is 0.322. The molecule has 0 saturated carbocycles. The highest BCUT2D eigenvalue weighted by molar-refractivity contribution is 5.74. The van der Waals surface area contributed by atoms with E-state index in [1.54, 1.807) is 7.11 Å². The van der Waals surface area contributed by atoms with E-state index in [1.165, 1.54) is 0 Å². The molecule has 0 fully saturated rings. The molecule has 7 heteroatoms. The van der Waals surface area contributed by atoms with E-state index >= 15 is 0 Å². The minimum Gasteiger partial charge on any atom is -0.382 e. The highest BCUT2D eigenvalue weighted by atomic mass is 16.6. The van der Waals surface area contributed by atoms with Crippen molar-refractivity contribution in [3.63, 3.8) is 0 Å². The first kappa shape index (κ1) is 15.3. The zero-order valence-electron chi connectivity index (χ0n) is 9.57. The fourth-order valence-electron chi connectivity index (χ4n) is 0.772. The number of hydrogen-bond acceptors (Lipinski definition) is 6. The van der Waals surface area contributed by atoms with Gasteiger partial charge in [0, 0.05) is 13.7 Å². The van der Waals surface area contributed by atoms with E-state index in [0.29, 0.717) is 39.6 Å². The third-order valence-electron chi connectivity index (χ3n) is 1.47. The Morgan fingerprint density at radius 1 is 1.12 bits per heavy atom. The van der Waals surface area contributed by atoms with Gasteiger partial charge in [-0.15, -0.1) is 0 Å². The van der Waals surface area contributed by atoms with Crippen LogP contribution < -0.4 is 11.2 Å². The lowest BCUT2D eigenvalue weighted by molar-refractivity contribution is -0.125. The molecule has 0 atom stereocenters. The first-order chi connectivity index (χ1) is 7.77. The van der Waals surface area contributed by atoms with Crippen LogP contribution in [0.5, 0.6) is 0 Å². The monoisotopic (exact) mass is 236 g/mol. The summed E-state index contributed by atoms with van der Waals surface area (Å²) in [5, 5.41) is 0. The molecule has 16 heavy (non-hydrogen) atoms. The fourth-order valence-corrected chi connectivity index (χ4v) is 0.772. The van der Waals surface area contributed by atoms with E-state index in [0.717, 1.165) is 0 Å². The van der Waals surface area contributed by atoms with Crippen molar-refractivity contribution in [2.75, 3.05) is 53.3 Å². The van der Waals surface area contributed by atoms with Gasteiger partial charge in [0.25, 0.3) is 0 Å². The molecule has 0 aliphatic heterocycles. The maximum absolute atomic E-state index is 10.3. The molecule has 0 aromatic rings. The summed E-state index contributed by atoms with van der Waals surface area (Å²) >= 11 is 0. The van der Waals surface area contributed by atoms with Crippen molar-refractivity contribution >= 4 is 5.91 Å². The highest BCUT2D eigenvalue weighted by Gasteiger charge is 1.93. The standard InChI is InChI=1S/C9H20N2O5/c1-13-4-5-15-7-6-14-3-2-11-16-8-9(10)12/h11H,2-8H2,1H3,(H2,10,12). The minimum absolute atomic E-state index is 0.139. The van der Waals surface area contributed by atoms with Gasteiger partial charge in [0.1, 0.15) is 6.61 Å². The molecule has 0 aromatic carbocycles. The van der Waals surface area contributed by atoms with Crippen molar-refractivity contribution in [2.24, 2.45) is 5.73 Å². The molecule has 0 rings (SSSR count). The SMILES string of the molecule is COCCOCCOCCNOCC(N)=O. The molecule has 0 heterocycles. The lowest BCUT2D eigenvalue weighted by atomic mass is 10.7. The Hall–Kier alpha value is -0.730. The first-order valence-electron chi connectivity index (χ1n) is 5.04. The first-order valence-corrected chi connectivity index (χ1v) is 5.04. The molecular weight excluding hydrogens is 216 g/mol. The lowest BCUT2D eigenvalue weighted by Crippen LogP contribution is -2.27. The number of primary amides is 1. The summed E-state index contributed by atoms with van der Waals surface area (Å²) in [6, 6.07) is 0. The second-order valence-corrected chi connectivity index (χ2v) is 2.87. The highest BCUT2D eigenvalue weighted by Crippen LogP contribution is 1.79. The van der Waals surface area contributed by atoms with Gasteiger partial charge in [0.2, 0.25) is 5.91 Å². The Balaban J connectivity index is 2.90. The number of methoxy groups -OCH3 is 1. The van der Waals surface area contributed by atoms with Crippen LogP contribution in [0.2, 0.25) is 0 Å². The second-order valence-electron chi connectivity index (χ2n) is 2.87. The number of carbonyl (C=O) groups excluding carboxylic acids is 1. The van der Waals surface area contributed by atoms with E-state index in [4.69, 9.17) is 24.8 Å². The van der Waals surface area contributed by atoms with E-state index in [9.17, 15) is 4.79 Å². The third kappa shape index (κ3) is 13.3. The largest absolute Gasteiger partial charge is 0.382 e. The molecule has 7 nitrogen and oxygen atoms in total. The van der Waals surface area contributed by atoms with E-state index < -0.39 is 5.91 Å². The second kappa shape index (κ2) is 12.3. The molecule has 0 spiro atoms. The van der Waals surface area contributed by atoms with E-state index in [-0.39, 0.29) is 6.61 Å². The van der Waals surface area contributed by atoms with Gasteiger partial charge in [0.15, 0.2) is 0 Å². The Kier molecular flexibility index (Phi) is 11.8. The third-order valence-corrected chi connectivity index (χ3v) is 1.47. The number of ether oxygens (including phenoxy) is 3. The maximum Gasteiger partial charge on any atom is 0.245 e. The molecule has 0 aliphatic rings. The van der Waals surface area contributed by atoms with Crippen molar-refractivity contribution in [2.45, 2.75) is 0 Å². The van der Waals surface area contributed by atoms with Crippen LogP contribution >= 0.6 is 0 Å². The molecule has 0 aromatic heterocycles. The predicted octanol–water partition coefficient (Wildman–Crippen LogP) is -1.33. The summed E-state index contributed by atoms with van der Waals surface area (Å²) in [7, 11) is 1.62. The molecular formula is C9H20N2O5. The molecule has 0 aliphatic carbocycles. The molecule has 3 N–H and O–H groups in total. The van der Waals surface area contributed by atoms with Gasteiger partial charge in [-0.1, -0.05) is 0 Å². The lowest BCUT2D eigenvalue weighted by Gasteiger charge is -2.06. The van der Waals surface area contributed by atoms with E-state index in [2.05, 4.69) is 5.48 Å². The van der Waals surface area contributed by atoms with Gasteiger partial charge in [0.05, 0.1) is 33.0 Å². The summed E-state index contributed by atoms with van der Waals surface area (Å²) in [5.41, 5.74) is 7.39. The van der Waals surface area contributed by atoms with Gasteiger partial charge in [-0.05, 0) is 0 Å². The molecule has 0 bridgehead atoms. The molecule has 0 unspecified atom stereocenters. The number of nitrogens with two attached hydrogens (primary N) is 1. The minimum atomic E-state index is -0.514. The number of rotatable bonds is 12. The van der Waals surface area contributed by atoms with E-state index in [1.807, 2.05) is 0 Å². The van der Waals surface area contributed by atoms with Gasteiger partial charge >= 0.3 is 0 Å². The number of hydrogen-bond donors (Lipinski definition) is 2. The normalized spacial score (nSPS) is 10.6. The topological polar surface area (TPSA) is 92.0 Å². The summed E-state index contributed by atoms with van der Waals surface area (Å²) in [6.07, 6.45) is 0. The van der Waals surface area contributed by atoms with Gasteiger partial charge in [-0.25, -0.2) is 0 Å². The van der Waals surface area contributed by atoms with Crippen LogP contribution in [0, 0.1) is 0 Å². The number of hydroxylamine groups is 1. The Bertz CT molecular complexity index is 168. The molecule has 0 saturated heterocycles. The fraction of sp³-hybridized carbons (Fsp3) is 0.889. The molecule has 96 valence electrons. The predicted molar refractivity (Wildman–Crippen MR) is 56.7 cm³/mol. The van der Waals surface area contributed by atoms with Crippen molar-refractivity contribution in [1.82, 2.24) is 5.48 Å². The van der Waals surface area contributed by atoms with Gasteiger partial charge in [-0.3, -0.25) is 9.63 Å². The smallest absolute Gasteiger partial charge is 0.245 e. The van der Waals surface area contributed by atoms with Gasteiger partial charge < -0.3 is 19.9 Å².